The molecule has 0 bridgehead atoms. The fourth-order valence-corrected chi connectivity index (χ4v) is 3.25. The molecule has 1 heterocycles. The third-order valence-electron chi connectivity index (χ3n) is 2.52. The number of rotatable bonds is 4. The molecule has 0 atom stereocenters. The first kappa shape index (κ1) is 14.8. The second-order valence-electron chi connectivity index (χ2n) is 4.13. The van der Waals surface area contributed by atoms with Gasteiger partial charge in [0.1, 0.15) is 5.03 Å². The summed E-state index contributed by atoms with van der Waals surface area (Å²) in [4.78, 5) is 8.92. The van der Waals surface area contributed by atoms with Crippen molar-refractivity contribution in [3.63, 3.8) is 0 Å². The molecule has 0 aliphatic carbocycles. The van der Waals surface area contributed by atoms with Gasteiger partial charge in [-0.3, -0.25) is 4.98 Å². The molecule has 20 heavy (non-hydrogen) atoms. The molecule has 1 aromatic carbocycles. The molecule has 1 aromatic heterocycles. The van der Waals surface area contributed by atoms with Gasteiger partial charge in [-0.25, -0.2) is 17.7 Å². The second kappa shape index (κ2) is 5.78. The SMILES string of the molecule is CN(C)S(=O)(=O)c1ccc(N)c(Sc2cnccn2)c1. The predicted molar refractivity (Wildman–Crippen MR) is 77.9 cm³/mol. The van der Waals surface area contributed by atoms with E-state index in [-0.39, 0.29) is 4.90 Å². The summed E-state index contributed by atoms with van der Waals surface area (Å²) in [5, 5.41) is 0.651. The Morgan fingerprint density at radius 1 is 1.25 bits per heavy atom. The van der Waals surface area contributed by atoms with Crippen molar-refractivity contribution in [1.29, 1.82) is 0 Å². The van der Waals surface area contributed by atoms with Crippen LogP contribution in [0.2, 0.25) is 0 Å². The number of aromatic nitrogens is 2. The zero-order chi connectivity index (χ0) is 14.8. The number of nitrogen functional groups attached to an aromatic ring is 1. The van der Waals surface area contributed by atoms with Crippen molar-refractivity contribution in [2.24, 2.45) is 0 Å². The first-order valence-electron chi connectivity index (χ1n) is 5.67. The number of hydrogen-bond acceptors (Lipinski definition) is 6. The second-order valence-corrected chi connectivity index (χ2v) is 7.35. The molecule has 0 saturated heterocycles. The molecule has 8 heteroatoms. The van der Waals surface area contributed by atoms with Gasteiger partial charge in [-0.15, -0.1) is 0 Å². The van der Waals surface area contributed by atoms with E-state index in [1.165, 1.54) is 31.9 Å². The Balaban J connectivity index is 2.40. The molecule has 106 valence electrons. The van der Waals surface area contributed by atoms with Crippen molar-refractivity contribution in [3.05, 3.63) is 36.8 Å². The van der Waals surface area contributed by atoms with E-state index < -0.39 is 10.0 Å². The largest absolute Gasteiger partial charge is 0.398 e. The van der Waals surface area contributed by atoms with Gasteiger partial charge in [-0.05, 0) is 18.2 Å². The van der Waals surface area contributed by atoms with Crippen LogP contribution in [0, 0.1) is 0 Å². The average Bonchev–Trinajstić information content (AvgIpc) is 2.42. The smallest absolute Gasteiger partial charge is 0.242 e. The molecule has 0 unspecified atom stereocenters. The minimum Gasteiger partial charge on any atom is -0.398 e. The lowest BCUT2D eigenvalue weighted by Crippen LogP contribution is -2.22. The first-order valence-corrected chi connectivity index (χ1v) is 7.93. The van der Waals surface area contributed by atoms with Crippen LogP contribution in [0.4, 0.5) is 5.69 Å². The van der Waals surface area contributed by atoms with Crippen molar-refractivity contribution in [3.8, 4) is 0 Å². The van der Waals surface area contributed by atoms with Gasteiger partial charge in [0.15, 0.2) is 0 Å². The molecule has 0 aliphatic heterocycles. The van der Waals surface area contributed by atoms with Gasteiger partial charge in [0.05, 0.1) is 11.1 Å². The Morgan fingerprint density at radius 3 is 2.60 bits per heavy atom. The van der Waals surface area contributed by atoms with E-state index in [1.54, 1.807) is 30.7 Å². The summed E-state index contributed by atoms with van der Waals surface area (Å²) in [6, 6.07) is 4.62. The monoisotopic (exact) mass is 310 g/mol. The topological polar surface area (TPSA) is 89.2 Å². The van der Waals surface area contributed by atoms with E-state index in [2.05, 4.69) is 9.97 Å². The Bertz CT molecular complexity index is 703. The van der Waals surface area contributed by atoms with Crippen molar-refractivity contribution in [1.82, 2.24) is 14.3 Å². The maximum Gasteiger partial charge on any atom is 0.242 e. The van der Waals surface area contributed by atoms with Gasteiger partial charge >= 0.3 is 0 Å². The molecule has 2 rings (SSSR count). The van der Waals surface area contributed by atoms with Gasteiger partial charge in [0.2, 0.25) is 10.0 Å². The van der Waals surface area contributed by atoms with Crippen LogP contribution in [0.1, 0.15) is 0 Å². The van der Waals surface area contributed by atoms with E-state index in [1.807, 2.05) is 0 Å². The normalized spacial score (nSPS) is 11.8. The predicted octanol–water partition coefficient (Wildman–Crippen LogP) is 1.46. The molecular weight excluding hydrogens is 296 g/mol. The molecule has 0 saturated carbocycles. The molecule has 0 fully saturated rings. The lowest BCUT2D eigenvalue weighted by Gasteiger charge is -2.13. The molecule has 0 spiro atoms. The van der Waals surface area contributed by atoms with Crippen LogP contribution in [0.5, 0.6) is 0 Å². The van der Waals surface area contributed by atoms with Gasteiger partial charge in [-0.2, -0.15) is 0 Å². The van der Waals surface area contributed by atoms with E-state index in [4.69, 9.17) is 5.73 Å². The summed E-state index contributed by atoms with van der Waals surface area (Å²) in [6.07, 6.45) is 4.73. The fraction of sp³-hybridized carbons (Fsp3) is 0.167. The van der Waals surface area contributed by atoms with Gasteiger partial charge < -0.3 is 5.73 Å². The highest BCUT2D eigenvalue weighted by Crippen LogP contribution is 2.32. The molecule has 0 aliphatic rings. The molecule has 6 nitrogen and oxygen atoms in total. The Kier molecular flexibility index (Phi) is 4.26. The van der Waals surface area contributed by atoms with Crippen LogP contribution in [0.15, 0.2) is 51.6 Å². The highest BCUT2D eigenvalue weighted by Gasteiger charge is 2.18. The van der Waals surface area contributed by atoms with E-state index in [9.17, 15) is 8.42 Å². The zero-order valence-corrected chi connectivity index (χ0v) is 12.6. The van der Waals surface area contributed by atoms with Crippen LogP contribution in [-0.2, 0) is 10.0 Å². The van der Waals surface area contributed by atoms with Gasteiger partial charge in [0, 0.05) is 37.1 Å². The first-order chi connectivity index (χ1) is 9.41. The summed E-state index contributed by atoms with van der Waals surface area (Å²) >= 11 is 1.27. The van der Waals surface area contributed by atoms with E-state index >= 15 is 0 Å². The van der Waals surface area contributed by atoms with Crippen LogP contribution >= 0.6 is 11.8 Å². The number of sulfonamides is 1. The average molecular weight is 310 g/mol. The van der Waals surface area contributed by atoms with E-state index in [0.29, 0.717) is 15.6 Å². The molecule has 2 N–H and O–H groups in total. The number of nitrogens with zero attached hydrogens (tertiary/aromatic N) is 3. The van der Waals surface area contributed by atoms with Crippen molar-refractivity contribution < 1.29 is 8.42 Å². The Morgan fingerprint density at radius 2 is 2.00 bits per heavy atom. The molecule has 0 radical (unpaired) electrons. The summed E-state index contributed by atoms with van der Waals surface area (Å²) in [7, 11) is -0.505. The lowest BCUT2D eigenvalue weighted by molar-refractivity contribution is 0.520. The van der Waals surface area contributed by atoms with Crippen LogP contribution in [0.25, 0.3) is 0 Å². The van der Waals surface area contributed by atoms with Crippen molar-refractivity contribution in [2.75, 3.05) is 19.8 Å². The van der Waals surface area contributed by atoms with Crippen LogP contribution in [-0.4, -0.2) is 36.8 Å². The maximum atomic E-state index is 12.1. The minimum absolute atomic E-state index is 0.197. The quantitative estimate of drug-likeness (QED) is 0.860. The maximum absolute atomic E-state index is 12.1. The van der Waals surface area contributed by atoms with Crippen molar-refractivity contribution >= 4 is 27.5 Å². The number of benzene rings is 1. The van der Waals surface area contributed by atoms with Crippen LogP contribution < -0.4 is 5.73 Å². The fourth-order valence-electron chi connectivity index (χ4n) is 1.43. The highest BCUT2D eigenvalue weighted by molar-refractivity contribution is 7.99. The number of nitrogens with two attached hydrogens (primary N) is 1. The van der Waals surface area contributed by atoms with Gasteiger partial charge in [0.25, 0.3) is 0 Å². The summed E-state index contributed by atoms with van der Waals surface area (Å²) < 4.78 is 25.4. The summed E-state index contributed by atoms with van der Waals surface area (Å²) in [5.41, 5.74) is 6.38. The lowest BCUT2D eigenvalue weighted by atomic mass is 10.3. The van der Waals surface area contributed by atoms with Crippen LogP contribution in [0.3, 0.4) is 0 Å². The molecule has 2 aromatic rings. The zero-order valence-electron chi connectivity index (χ0n) is 11.0. The van der Waals surface area contributed by atoms with Gasteiger partial charge in [-0.1, -0.05) is 11.8 Å². The van der Waals surface area contributed by atoms with E-state index in [0.717, 1.165) is 4.31 Å². The number of hydrogen-bond donors (Lipinski definition) is 1. The summed E-state index contributed by atoms with van der Waals surface area (Å²) in [6.45, 7) is 0. The standard InChI is InChI=1S/C12H14N4O2S2/c1-16(2)20(17,18)9-3-4-10(13)11(7-9)19-12-8-14-5-6-15-12/h3-8H,13H2,1-2H3. The third kappa shape index (κ3) is 3.09. The number of anilines is 1. The third-order valence-corrected chi connectivity index (χ3v) is 5.32. The Labute approximate surface area is 122 Å². The summed E-state index contributed by atoms with van der Waals surface area (Å²) in [5.74, 6) is 0. The Hall–Kier alpha value is -1.64. The minimum atomic E-state index is -3.48. The highest BCUT2D eigenvalue weighted by atomic mass is 32.2. The molecular formula is C12H14N4O2S2. The van der Waals surface area contributed by atoms with Crippen molar-refractivity contribution in [2.45, 2.75) is 14.8 Å². The molecule has 0 amide bonds.